The maximum Gasteiger partial charge on any atom is 0.192 e. The zero-order valence-corrected chi connectivity index (χ0v) is 12.7. The van der Waals surface area contributed by atoms with Crippen molar-refractivity contribution in [1.82, 2.24) is 10.6 Å². The summed E-state index contributed by atoms with van der Waals surface area (Å²) in [6, 6.07) is 8.04. The van der Waals surface area contributed by atoms with Gasteiger partial charge in [-0.1, -0.05) is 12.0 Å². The van der Waals surface area contributed by atoms with Crippen LogP contribution in [-0.2, 0) is 12.8 Å². The Balaban J connectivity index is 1.77. The number of thiophene rings is 1. The van der Waals surface area contributed by atoms with Crippen molar-refractivity contribution in [3.05, 3.63) is 46.5 Å². The molecule has 0 amide bonds. The zero-order chi connectivity index (χ0) is 14.8. The number of guanidine groups is 1. The van der Waals surface area contributed by atoms with E-state index in [4.69, 9.17) is 10.8 Å². The van der Waals surface area contributed by atoms with Gasteiger partial charge in [-0.05, 0) is 23.6 Å². The SMILES string of the molecule is C#CCNC(=NCCc1cccs1)NCCc1ccco1. The summed E-state index contributed by atoms with van der Waals surface area (Å²) in [6.07, 6.45) is 8.72. The molecule has 0 aliphatic carbocycles. The molecule has 0 aromatic carbocycles. The van der Waals surface area contributed by atoms with Crippen LogP contribution in [0.25, 0.3) is 0 Å². The van der Waals surface area contributed by atoms with Gasteiger partial charge in [0.05, 0.1) is 12.8 Å². The molecule has 0 saturated carbocycles. The number of nitrogens with zero attached hydrogens (tertiary/aromatic N) is 1. The number of hydrogen-bond acceptors (Lipinski definition) is 3. The molecule has 2 rings (SSSR count). The van der Waals surface area contributed by atoms with E-state index in [1.165, 1.54) is 4.88 Å². The fourth-order valence-corrected chi connectivity index (χ4v) is 2.50. The maximum absolute atomic E-state index is 5.30. The predicted molar refractivity (Wildman–Crippen MR) is 87.6 cm³/mol. The number of rotatable bonds is 7. The van der Waals surface area contributed by atoms with E-state index in [1.54, 1.807) is 17.6 Å². The Morgan fingerprint density at radius 2 is 2.24 bits per heavy atom. The molecule has 2 heterocycles. The highest BCUT2D eigenvalue weighted by Gasteiger charge is 2.00. The van der Waals surface area contributed by atoms with E-state index < -0.39 is 0 Å². The van der Waals surface area contributed by atoms with Crippen molar-refractivity contribution >= 4 is 17.3 Å². The predicted octanol–water partition coefficient (Wildman–Crippen LogP) is 2.29. The highest BCUT2D eigenvalue weighted by Crippen LogP contribution is 2.08. The molecule has 0 bridgehead atoms. The number of hydrogen-bond donors (Lipinski definition) is 2. The Labute approximate surface area is 129 Å². The molecule has 5 heteroatoms. The summed E-state index contributed by atoms with van der Waals surface area (Å²) in [4.78, 5) is 5.87. The van der Waals surface area contributed by atoms with Crippen molar-refractivity contribution in [3.8, 4) is 12.3 Å². The van der Waals surface area contributed by atoms with Gasteiger partial charge in [0.15, 0.2) is 5.96 Å². The van der Waals surface area contributed by atoms with Crippen LogP contribution < -0.4 is 10.6 Å². The van der Waals surface area contributed by atoms with E-state index in [9.17, 15) is 0 Å². The molecule has 2 aromatic heterocycles. The van der Waals surface area contributed by atoms with Gasteiger partial charge in [-0.25, -0.2) is 0 Å². The van der Waals surface area contributed by atoms with Crippen molar-refractivity contribution in [3.63, 3.8) is 0 Å². The van der Waals surface area contributed by atoms with E-state index in [1.807, 2.05) is 12.1 Å². The molecular formula is C16H19N3OS. The molecular weight excluding hydrogens is 282 g/mol. The zero-order valence-electron chi connectivity index (χ0n) is 11.8. The van der Waals surface area contributed by atoms with Gasteiger partial charge in [-0.15, -0.1) is 17.8 Å². The number of aliphatic imine (C=N–C) groups is 1. The monoisotopic (exact) mass is 301 g/mol. The van der Waals surface area contributed by atoms with Crippen molar-refractivity contribution in [2.45, 2.75) is 12.8 Å². The van der Waals surface area contributed by atoms with E-state index >= 15 is 0 Å². The molecule has 0 saturated heterocycles. The third-order valence-corrected chi connectivity index (χ3v) is 3.75. The van der Waals surface area contributed by atoms with Crippen molar-refractivity contribution in [1.29, 1.82) is 0 Å². The van der Waals surface area contributed by atoms with Crippen LogP contribution in [0.15, 0.2) is 45.3 Å². The lowest BCUT2D eigenvalue weighted by atomic mass is 10.3. The summed E-state index contributed by atoms with van der Waals surface area (Å²) in [5.74, 6) is 4.26. The number of terminal acetylenes is 1. The molecule has 0 atom stereocenters. The van der Waals surface area contributed by atoms with Gasteiger partial charge in [0.1, 0.15) is 5.76 Å². The lowest BCUT2D eigenvalue weighted by molar-refractivity contribution is 0.507. The second kappa shape index (κ2) is 8.88. The lowest BCUT2D eigenvalue weighted by Crippen LogP contribution is -2.38. The first kappa shape index (κ1) is 15.2. The minimum Gasteiger partial charge on any atom is -0.469 e. The van der Waals surface area contributed by atoms with Gasteiger partial charge in [-0.2, -0.15) is 0 Å². The van der Waals surface area contributed by atoms with Crippen LogP contribution >= 0.6 is 11.3 Å². The highest BCUT2D eigenvalue weighted by molar-refractivity contribution is 7.09. The largest absolute Gasteiger partial charge is 0.469 e. The quantitative estimate of drug-likeness (QED) is 0.469. The molecule has 0 unspecified atom stereocenters. The Morgan fingerprint density at radius 3 is 2.95 bits per heavy atom. The Hall–Kier alpha value is -2.19. The fourth-order valence-electron chi connectivity index (χ4n) is 1.80. The van der Waals surface area contributed by atoms with Gasteiger partial charge in [0, 0.05) is 30.8 Å². The summed E-state index contributed by atoms with van der Waals surface area (Å²) in [7, 11) is 0. The van der Waals surface area contributed by atoms with Crippen molar-refractivity contribution in [2.24, 2.45) is 4.99 Å². The first-order chi connectivity index (χ1) is 10.4. The third kappa shape index (κ3) is 5.76. The van der Waals surface area contributed by atoms with Gasteiger partial charge in [-0.3, -0.25) is 4.99 Å². The molecule has 110 valence electrons. The van der Waals surface area contributed by atoms with Crippen LogP contribution in [0.5, 0.6) is 0 Å². The summed E-state index contributed by atoms with van der Waals surface area (Å²) in [6.45, 7) is 1.95. The third-order valence-electron chi connectivity index (χ3n) is 2.81. The van der Waals surface area contributed by atoms with Crippen LogP contribution in [0.4, 0.5) is 0 Å². The molecule has 0 radical (unpaired) electrons. The Kier molecular flexibility index (Phi) is 6.43. The summed E-state index contributed by atoms with van der Waals surface area (Å²) in [5.41, 5.74) is 0. The molecule has 0 fully saturated rings. The summed E-state index contributed by atoms with van der Waals surface area (Å²) < 4.78 is 5.30. The fraction of sp³-hybridized carbons (Fsp3) is 0.312. The first-order valence-electron chi connectivity index (χ1n) is 6.89. The molecule has 0 aliphatic rings. The topological polar surface area (TPSA) is 49.6 Å². The van der Waals surface area contributed by atoms with Gasteiger partial charge in [0.2, 0.25) is 0 Å². The molecule has 2 N–H and O–H groups in total. The number of nitrogens with one attached hydrogen (secondary N) is 2. The molecule has 0 spiro atoms. The normalized spacial score (nSPS) is 11.1. The van der Waals surface area contributed by atoms with E-state index in [2.05, 4.69) is 39.1 Å². The van der Waals surface area contributed by atoms with Crippen LogP contribution in [0.1, 0.15) is 10.6 Å². The van der Waals surface area contributed by atoms with Gasteiger partial charge < -0.3 is 15.1 Å². The minimum absolute atomic E-state index is 0.464. The minimum atomic E-state index is 0.464. The second-order valence-electron chi connectivity index (χ2n) is 4.37. The van der Waals surface area contributed by atoms with Crippen molar-refractivity contribution < 1.29 is 4.42 Å². The average Bonchev–Trinajstić information content (AvgIpc) is 3.17. The van der Waals surface area contributed by atoms with Crippen LogP contribution in [0.3, 0.4) is 0 Å². The van der Waals surface area contributed by atoms with Crippen LogP contribution in [-0.4, -0.2) is 25.6 Å². The molecule has 2 aromatic rings. The summed E-state index contributed by atoms with van der Waals surface area (Å²) >= 11 is 1.75. The number of furan rings is 1. The molecule has 0 aliphatic heterocycles. The second-order valence-corrected chi connectivity index (χ2v) is 5.41. The van der Waals surface area contributed by atoms with Gasteiger partial charge >= 0.3 is 0 Å². The van der Waals surface area contributed by atoms with Gasteiger partial charge in [0.25, 0.3) is 0 Å². The molecule has 21 heavy (non-hydrogen) atoms. The van der Waals surface area contributed by atoms with E-state index in [0.717, 1.165) is 37.7 Å². The van der Waals surface area contributed by atoms with Crippen molar-refractivity contribution in [2.75, 3.05) is 19.6 Å². The highest BCUT2D eigenvalue weighted by atomic mass is 32.1. The standard InChI is InChI=1S/C16H19N3OS/c1-2-9-17-16(18-10-7-14-5-3-12-20-14)19-11-8-15-6-4-13-21-15/h1,3-6,12-13H,7-11H2,(H2,17,18,19). The van der Waals surface area contributed by atoms with E-state index in [-0.39, 0.29) is 0 Å². The first-order valence-corrected chi connectivity index (χ1v) is 7.77. The smallest absolute Gasteiger partial charge is 0.192 e. The van der Waals surface area contributed by atoms with Crippen LogP contribution in [0, 0.1) is 12.3 Å². The lowest BCUT2D eigenvalue weighted by Gasteiger charge is -2.10. The molecule has 4 nitrogen and oxygen atoms in total. The maximum atomic E-state index is 5.30. The Morgan fingerprint density at radius 1 is 1.29 bits per heavy atom. The Bertz CT molecular complexity index is 567. The summed E-state index contributed by atoms with van der Waals surface area (Å²) in [5, 5.41) is 8.45. The van der Waals surface area contributed by atoms with Crippen LogP contribution in [0.2, 0.25) is 0 Å². The van der Waals surface area contributed by atoms with E-state index in [0.29, 0.717) is 6.54 Å². The average molecular weight is 301 g/mol.